The monoisotopic (exact) mass is 422 g/mol. The Balaban J connectivity index is 4.69. The Kier molecular flexibility index (Phi) is 22.0. The van der Waals surface area contributed by atoms with E-state index in [2.05, 4.69) is 21.5 Å². The lowest BCUT2D eigenvalue weighted by atomic mass is 9.92. The number of ether oxygens (including phenoxy) is 4. The van der Waals surface area contributed by atoms with E-state index in [0.29, 0.717) is 52.9 Å². The highest BCUT2D eigenvalue weighted by molar-refractivity contribution is 4.79. The van der Waals surface area contributed by atoms with Crippen LogP contribution >= 0.6 is 0 Å². The van der Waals surface area contributed by atoms with Crippen LogP contribution in [0.4, 0.5) is 0 Å². The predicted octanol–water partition coefficient (Wildman–Crippen LogP) is -1.03. The molecule has 0 amide bonds. The van der Waals surface area contributed by atoms with Gasteiger partial charge in [-0.1, -0.05) is 0 Å². The Bertz CT molecular complexity index is 268. The Morgan fingerprint density at radius 1 is 0.552 bits per heavy atom. The molecule has 0 heterocycles. The molecule has 0 aromatic carbocycles. The number of hydrogen-bond acceptors (Lipinski definition) is 10. The molecule has 0 aromatic heterocycles. The van der Waals surface area contributed by atoms with Gasteiger partial charge in [-0.05, 0) is 52.9 Å². The molecule has 0 saturated carbocycles. The van der Waals surface area contributed by atoms with Gasteiger partial charge in [0.15, 0.2) is 0 Å². The molecule has 10 nitrogen and oxygen atoms in total. The molecule has 0 atom stereocenters. The molecule has 0 aliphatic carbocycles. The second-order valence-electron chi connectivity index (χ2n) is 7.24. The zero-order valence-electron chi connectivity index (χ0n) is 18.6. The van der Waals surface area contributed by atoms with E-state index < -0.39 is 0 Å². The largest absolute Gasteiger partial charge is 0.381 e. The molecule has 0 rings (SSSR count). The van der Waals surface area contributed by atoms with Crippen LogP contribution in [0.5, 0.6) is 0 Å². The fourth-order valence-electron chi connectivity index (χ4n) is 2.66. The SMILES string of the molecule is CNCCCOCC(COCCCNC)(COCCCNN)COCCCNN. The molecular weight excluding hydrogens is 376 g/mol. The fourth-order valence-corrected chi connectivity index (χ4v) is 2.66. The Morgan fingerprint density at radius 3 is 1.14 bits per heavy atom. The van der Waals surface area contributed by atoms with Crippen LogP contribution < -0.4 is 33.2 Å². The van der Waals surface area contributed by atoms with Crippen LogP contribution in [0.3, 0.4) is 0 Å². The fraction of sp³-hybridized carbons (Fsp3) is 1.00. The second kappa shape index (κ2) is 22.3. The summed E-state index contributed by atoms with van der Waals surface area (Å²) in [5.41, 5.74) is 4.95. The number of nitrogens with one attached hydrogen (secondary N) is 4. The van der Waals surface area contributed by atoms with Gasteiger partial charge in [0.05, 0.1) is 31.8 Å². The molecule has 0 fully saturated rings. The Labute approximate surface area is 177 Å². The van der Waals surface area contributed by atoms with Crippen LogP contribution in [0.15, 0.2) is 0 Å². The average Bonchev–Trinajstić information content (AvgIpc) is 2.73. The van der Waals surface area contributed by atoms with Crippen molar-refractivity contribution in [1.29, 1.82) is 0 Å². The highest BCUT2D eigenvalue weighted by atomic mass is 16.5. The molecule has 8 N–H and O–H groups in total. The maximum Gasteiger partial charge on any atom is 0.0637 e. The van der Waals surface area contributed by atoms with E-state index in [9.17, 15) is 0 Å². The molecule has 0 aliphatic heterocycles. The summed E-state index contributed by atoms with van der Waals surface area (Å²) >= 11 is 0. The van der Waals surface area contributed by atoms with Crippen molar-refractivity contribution >= 4 is 0 Å². The van der Waals surface area contributed by atoms with Gasteiger partial charge in [-0.25, -0.2) is 0 Å². The van der Waals surface area contributed by atoms with Crippen molar-refractivity contribution in [3.05, 3.63) is 0 Å². The summed E-state index contributed by atoms with van der Waals surface area (Å²) < 4.78 is 23.8. The van der Waals surface area contributed by atoms with Crippen LogP contribution in [0.25, 0.3) is 0 Å². The zero-order valence-corrected chi connectivity index (χ0v) is 18.6. The van der Waals surface area contributed by atoms with E-state index in [1.807, 2.05) is 14.1 Å². The lowest BCUT2D eigenvalue weighted by Gasteiger charge is -2.33. The minimum Gasteiger partial charge on any atom is -0.381 e. The van der Waals surface area contributed by atoms with Crippen molar-refractivity contribution in [2.75, 3.05) is 93.1 Å². The van der Waals surface area contributed by atoms with Crippen LogP contribution in [0.2, 0.25) is 0 Å². The van der Waals surface area contributed by atoms with Crippen LogP contribution in [0, 0.1) is 5.41 Å². The van der Waals surface area contributed by atoms with Crippen LogP contribution in [-0.4, -0.2) is 93.1 Å². The normalized spacial score (nSPS) is 12.0. The third-order valence-corrected chi connectivity index (χ3v) is 4.28. The van der Waals surface area contributed by atoms with E-state index in [-0.39, 0.29) is 5.41 Å². The van der Waals surface area contributed by atoms with Crippen molar-refractivity contribution in [3.63, 3.8) is 0 Å². The third-order valence-electron chi connectivity index (χ3n) is 4.28. The van der Waals surface area contributed by atoms with E-state index in [1.165, 1.54) is 0 Å². The van der Waals surface area contributed by atoms with Gasteiger partial charge in [-0.2, -0.15) is 0 Å². The minimum absolute atomic E-state index is 0.342. The first kappa shape index (κ1) is 28.6. The van der Waals surface area contributed by atoms with Gasteiger partial charge >= 0.3 is 0 Å². The van der Waals surface area contributed by atoms with Crippen LogP contribution in [0.1, 0.15) is 25.7 Å². The van der Waals surface area contributed by atoms with E-state index in [0.717, 1.165) is 51.9 Å². The third kappa shape index (κ3) is 18.1. The van der Waals surface area contributed by atoms with Gasteiger partial charge in [0, 0.05) is 39.5 Å². The van der Waals surface area contributed by atoms with Gasteiger partial charge < -0.3 is 29.6 Å². The van der Waals surface area contributed by atoms with E-state index >= 15 is 0 Å². The summed E-state index contributed by atoms with van der Waals surface area (Å²) in [5.74, 6) is 10.6. The maximum atomic E-state index is 5.98. The van der Waals surface area contributed by atoms with Gasteiger partial charge in [0.1, 0.15) is 0 Å². The van der Waals surface area contributed by atoms with Crippen molar-refractivity contribution < 1.29 is 18.9 Å². The molecule has 0 saturated heterocycles. The number of hydrazine groups is 2. The maximum absolute atomic E-state index is 5.98. The topological polar surface area (TPSA) is 137 Å². The van der Waals surface area contributed by atoms with Crippen molar-refractivity contribution in [1.82, 2.24) is 21.5 Å². The van der Waals surface area contributed by atoms with Crippen molar-refractivity contribution in [3.8, 4) is 0 Å². The molecular formula is C19H46N6O4. The Morgan fingerprint density at radius 2 is 0.862 bits per heavy atom. The van der Waals surface area contributed by atoms with Crippen LogP contribution in [-0.2, 0) is 18.9 Å². The molecule has 0 unspecified atom stereocenters. The summed E-state index contributed by atoms with van der Waals surface area (Å²) in [6.07, 6.45) is 3.62. The minimum atomic E-state index is -0.342. The first-order chi connectivity index (χ1) is 14.2. The lowest BCUT2D eigenvalue weighted by molar-refractivity contribution is -0.107. The molecule has 0 bridgehead atoms. The first-order valence-corrected chi connectivity index (χ1v) is 10.7. The Hall–Kier alpha value is -0.400. The molecule has 0 aliphatic rings. The van der Waals surface area contributed by atoms with Gasteiger partial charge in [0.25, 0.3) is 0 Å². The summed E-state index contributed by atoms with van der Waals surface area (Å²) in [5, 5.41) is 6.27. The van der Waals surface area contributed by atoms with Gasteiger partial charge in [0.2, 0.25) is 0 Å². The van der Waals surface area contributed by atoms with E-state index in [1.54, 1.807) is 0 Å². The number of hydrogen-bond donors (Lipinski definition) is 6. The standard InChI is InChI=1S/C19H46N6O4/c1-22-7-3-11-26-15-19(16-27-12-4-8-23-2,17-28-13-5-9-24-20)18-29-14-6-10-25-21/h22-25H,3-18,20-21H2,1-2H3. The second-order valence-corrected chi connectivity index (χ2v) is 7.24. The van der Waals surface area contributed by atoms with Crippen molar-refractivity contribution in [2.24, 2.45) is 17.1 Å². The highest BCUT2D eigenvalue weighted by Crippen LogP contribution is 2.21. The molecule has 176 valence electrons. The van der Waals surface area contributed by atoms with Crippen molar-refractivity contribution in [2.45, 2.75) is 25.7 Å². The number of nitrogens with two attached hydrogens (primary N) is 2. The average molecular weight is 423 g/mol. The zero-order chi connectivity index (χ0) is 21.5. The first-order valence-electron chi connectivity index (χ1n) is 10.7. The van der Waals surface area contributed by atoms with Gasteiger partial charge in [-0.3, -0.25) is 22.5 Å². The van der Waals surface area contributed by atoms with Gasteiger partial charge in [-0.15, -0.1) is 0 Å². The lowest BCUT2D eigenvalue weighted by Crippen LogP contribution is -2.42. The summed E-state index contributed by atoms with van der Waals surface area (Å²) in [4.78, 5) is 0. The highest BCUT2D eigenvalue weighted by Gasteiger charge is 2.32. The molecule has 0 aromatic rings. The predicted molar refractivity (Wildman–Crippen MR) is 116 cm³/mol. The van der Waals surface area contributed by atoms with E-state index in [4.69, 9.17) is 30.6 Å². The molecule has 29 heavy (non-hydrogen) atoms. The number of rotatable bonds is 24. The molecule has 10 heteroatoms. The molecule has 0 radical (unpaired) electrons. The summed E-state index contributed by atoms with van der Waals surface area (Å²) in [6.45, 7) is 8.04. The smallest absolute Gasteiger partial charge is 0.0637 e. The summed E-state index contributed by atoms with van der Waals surface area (Å²) in [6, 6.07) is 0. The molecule has 0 spiro atoms. The quantitative estimate of drug-likeness (QED) is 0.0650. The summed E-state index contributed by atoms with van der Waals surface area (Å²) in [7, 11) is 3.88.